The summed E-state index contributed by atoms with van der Waals surface area (Å²) in [7, 11) is 1.69. The molecule has 2 nitrogen and oxygen atoms in total. The second kappa shape index (κ2) is 7.48. The topological polar surface area (TPSA) is 21.3 Å². The van der Waals surface area contributed by atoms with Gasteiger partial charge in [0.25, 0.3) is 0 Å². The lowest BCUT2D eigenvalue weighted by Crippen LogP contribution is -2.50. The number of halogens is 3. The van der Waals surface area contributed by atoms with Gasteiger partial charge in [0.1, 0.15) is 0 Å². The molecule has 0 aromatic carbocycles. The second-order valence-corrected chi connectivity index (χ2v) is 5.49. The first-order chi connectivity index (χ1) is 8.93. The highest BCUT2D eigenvalue weighted by atomic mass is 19.4. The number of hydrogen-bond acceptors (Lipinski definition) is 2. The molecule has 1 saturated carbocycles. The first-order valence-corrected chi connectivity index (χ1v) is 7.29. The van der Waals surface area contributed by atoms with Crippen LogP contribution >= 0.6 is 0 Å². The van der Waals surface area contributed by atoms with Crippen LogP contribution in [0.15, 0.2) is 0 Å². The predicted octanol–water partition coefficient (Wildman–Crippen LogP) is 4.05. The number of ether oxygens (including phenoxy) is 1. The van der Waals surface area contributed by atoms with Gasteiger partial charge in [-0.25, -0.2) is 0 Å². The van der Waals surface area contributed by atoms with E-state index in [1.54, 1.807) is 7.11 Å². The van der Waals surface area contributed by atoms with Gasteiger partial charge in [-0.2, -0.15) is 13.2 Å². The number of alkyl halides is 3. The lowest BCUT2D eigenvalue weighted by molar-refractivity contribution is -0.137. The maximum atomic E-state index is 12.3. The van der Waals surface area contributed by atoms with Crippen molar-refractivity contribution in [1.82, 2.24) is 5.32 Å². The van der Waals surface area contributed by atoms with Gasteiger partial charge in [0.2, 0.25) is 0 Å². The van der Waals surface area contributed by atoms with Crippen molar-refractivity contribution in [2.45, 2.75) is 76.1 Å². The molecule has 0 aliphatic heterocycles. The summed E-state index contributed by atoms with van der Waals surface area (Å²) in [5.74, 6) is 0. The zero-order valence-electron chi connectivity index (χ0n) is 12.0. The average molecular weight is 281 g/mol. The van der Waals surface area contributed by atoms with Gasteiger partial charge >= 0.3 is 6.18 Å². The first kappa shape index (κ1) is 16.8. The number of nitrogens with one attached hydrogen (secondary N) is 1. The summed E-state index contributed by atoms with van der Waals surface area (Å²) in [6, 6.07) is 0.0438. The first-order valence-electron chi connectivity index (χ1n) is 7.29. The Labute approximate surface area is 114 Å². The summed E-state index contributed by atoms with van der Waals surface area (Å²) < 4.78 is 42.5. The largest absolute Gasteiger partial charge is 0.389 e. The molecule has 0 bridgehead atoms. The van der Waals surface area contributed by atoms with Crippen LogP contribution in [-0.2, 0) is 4.74 Å². The Kier molecular flexibility index (Phi) is 6.60. The highest BCUT2D eigenvalue weighted by molar-refractivity contribution is 4.96. The Balaban J connectivity index is 2.55. The van der Waals surface area contributed by atoms with Crippen LogP contribution in [0.25, 0.3) is 0 Å². The minimum absolute atomic E-state index is 0.0438. The van der Waals surface area contributed by atoms with E-state index in [0.717, 1.165) is 38.6 Å². The molecule has 1 unspecified atom stereocenters. The number of rotatable bonds is 8. The summed E-state index contributed by atoms with van der Waals surface area (Å²) in [6.07, 6.45) is 1.07. The molecular formula is C14H26F3NO. The van der Waals surface area contributed by atoms with E-state index in [9.17, 15) is 13.2 Å². The molecule has 1 atom stereocenters. The van der Waals surface area contributed by atoms with Crippen LogP contribution in [-0.4, -0.2) is 31.5 Å². The van der Waals surface area contributed by atoms with Gasteiger partial charge in [-0.3, -0.25) is 0 Å². The van der Waals surface area contributed by atoms with E-state index >= 15 is 0 Å². The van der Waals surface area contributed by atoms with E-state index in [1.165, 1.54) is 0 Å². The SMILES string of the molecule is CCCNC(CCCC(F)(F)F)C1(OC)CCCC1. The van der Waals surface area contributed by atoms with Crippen molar-refractivity contribution in [2.24, 2.45) is 0 Å². The summed E-state index contributed by atoms with van der Waals surface area (Å²) in [4.78, 5) is 0. The molecule has 0 heterocycles. The van der Waals surface area contributed by atoms with Crippen LogP contribution in [0.4, 0.5) is 13.2 Å². The lowest BCUT2D eigenvalue weighted by Gasteiger charge is -2.37. The van der Waals surface area contributed by atoms with Crippen LogP contribution in [0.5, 0.6) is 0 Å². The Hall–Kier alpha value is -0.290. The lowest BCUT2D eigenvalue weighted by atomic mass is 9.88. The standard InChI is InChI=1S/C14H26F3NO/c1-3-11-18-12(7-6-10-14(15,16)17)13(19-2)8-4-5-9-13/h12,18H,3-11H2,1-2H3. The third-order valence-electron chi connectivity index (χ3n) is 4.09. The molecule has 0 aromatic rings. The zero-order valence-corrected chi connectivity index (χ0v) is 12.0. The summed E-state index contributed by atoms with van der Waals surface area (Å²) >= 11 is 0. The van der Waals surface area contributed by atoms with Crippen molar-refractivity contribution in [3.05, 3.63) is 0 Å². The van der Waals surface area contributed by atoms with Gasteiger partial charge in [0.05, 0.1) is 5.60 Å². The zero-order chi connectivity index (χ0) is 14.4. The van der Waals surface area contributed by atoms with Gasteiger partial charge in [-0.15, -0.1) is 0 Å². The minimum atomic E-state index is -4.05. The van der Waals surface area contributed by atoms with Crippen molar-refractivity contribution in [3.8, 4) is 0 Å². The third-order valence-corrected chi connectivity index (χ3v) is 4.09. The molecule has 1 N–H and O–H groups in total. The molecule has 114 valence electrons. The minimum Gasteiger partial charge on any atom is -0.377 e. The van der Waals surface area contributed by atoms with Crippen LogP contribution in [0.2, 0.25) is 0 Å². The molecule has 0 spiro atoms. The van der Waals surface area contributed by atoms with E-state index in [4.69, 9.17) is 4.74 Å². The van der Waals surface area contributed by atoms with E-state index in [1.807, 2.05) is 0 Å². The Bertz CT molecular complexity index is 250. The van der Waals surface area contributed by atoms with Crippen molar-refractivity contribution in [2.75, 3.05) is 13.7 Å². The quantitative estimate of drug-likeness (QED) is 0.725. The van der Waals surface area contributed by atoms with Crippen LogP contribution in [0, 0.1) is 0 Å². The molecule has 0 aromatic heterocycles. The van der Waals surface area contributed by atoms with Crippen LogP contribution in [0.1, 0.15) is 58.3 Å². The highest BCUT2D eigenvalue weighted by Gasteiger charge is 2.41. The predicted molar refractivity (Wildman–Crippen MR) is 70.2 cm³/mol. The molecule has 0 saturated heterocycles. The summed E-state index contributed by atoms with van der Waals surface area (Å²) in [5, 5.41) is 3.40. The molecule has 1 aliphatic rings. The molecule has 0 amide bonds. The fourth-order valence-electron chi connectivity index (χ4n) is 3.04. The van der Waals surface area contributed by atoms with Crippen LogP contribution in [0.3, 0.4) is 0 Å². The van der Waals surface area contributed by atoms with Crippen molar-refractivity contribution >= 4 is 0 Å². The molecule has 19 heavy (non-hydrogen) atoms. The summed E-state index contributed by atoms with van der Waals surface area (Å²) in [5.41, 5.74) is -0.249. The van der Waals surface area contributed by atoms with E-state index in [2.05, 4.69) is 12.2 Å². The van der Waals surface area contributed by atoms with Gasteiger partial charge in [-0.05, 0) is 38.6 Å². The molecule has 1 aliphatic carbocycles. The fraction of sp³-hybridized carbons (Fsp3) is 1.00. The third kappa shape index (κ3) is 5.30. The van der Waals surface area contributed by atoms with Crippen molar-refractivity contribution in [3.63, 3.8) is 0 Å². The molecule has 1 fully saturated rings. The highest BCUT2D eigenvalue weighted by Crippen LogP contribution is 2.37. The van der Waals surface area contributed by atoms with Crippen molar-refractivity contribution < 1.29 is 17.9 Å². The van der Waals surface area contributed by atoms with E-state index in [0.29, 0.717) is 6.42 Å². The summed E-state index contributed by atoms with van der Waals surface area (Å²) in [6.45, 7) is 2.90. The van der Waals surface area contributed by atoms with Gasteiger partial charge in [-0.1, -0.05) is 19.8 Å². The number of methoxy groups -OCH3 is 1. The molecule has 1 rings (SSSR count). The Morgan fingerprint density at radius 3 is 2.37 bits per heavy atom. The van der Waals surface area contributed by atoms with Gasteiger partial charge in [0, 0.05) is 19.6 Å². The van der Waals surface area contributed by atoms with Crippen molar-refractivity contribution in [1.29, 1.82) is 0 Å². The number of hydrogen-bond donors (Lipinski definition) is 1. The fourth-order valence-corrected chi connectivity index (χ4v) is 3.04. The molecule has 5 heteroatoms. The van der Waals surface area contributed by atoms with Gasteiger partial charge in [0.15, 0.2) is 0 Å². The normalized spacial score (nSPS) is 20.7. The maximum Gasteiger partial charge on any atom is 0.389 e. The Morgan fingerprint density at radius 1 is 1.26 bits per heavy atom. The monoisotopic (exact) mass is 281 g/mol. The van der Waals surface area contributed by atoms with Crippen LogP contribution < -0.4 is 5.32 Å². The van der Waals surface area contributed by atoms with E-state index in [-0.39, 0.29) is 18.1 Å². The molecular weight excluding hydrogens is 255 g/mol. The Morgan fingerprint density at radius 2 is 1.89 bits per heavy atom. The van der Waals surface area contributed by atoms with E-state index < -0.39 is 12.6 Å². The average Bonchev–Trinajstić information content (AvgIpc) is 2.82. The second-order valence-electron chi connectivity index (χ2n) is 5.49. The maximum absolute atomic E-state index is 12.3. The smallest absolute Gasteiger partial charge is 0.377 e. The molecule has 0 radical (unpaired) electrons. The van der Waals surface area contributed by atoms with Gasteiger partial charge < -0.3 is 10.1 Å².